The van der Waals surface area contributed by atoms with Crippen molar-refractivity contribution in [2.45, 2.75) is 4.83 Å². The quantitative estimate of drug-likeness (QED) is 0.621. The second-order valence-corrected chi connectivity index (χ2v) is 3.33. The molecule has 0 saturated heterocycles. The Morgan fingerprint density at radius 1 is 1.77 bits per heavy atom. The first-order valence-corrected chi connectivity index (χ1v) is 4.35. The number of nitrogens with two attached hydrogens (primary N) is 1. The van der Waals surface area contributed by atoms with Crippen molar-refractivity contribution in [3.05, 3.63) is 23.5 Å². The van der Waals surface area contributed by atoms with Gasteiger partial charge in [0.2, 0.25) is 0 Å². The Balaban J connectivity index is 3.15. The SMILES string of the molecule is N#Cc1cc(C(Br)C=O)ncc1N. The number of carbonyl (C=O) groups excluding carboxylic acids is 1. The predicted molar refractivity (Wildman–Crippen MR) is 51.1 cm³/mol. The first kappa shape index (κ1) is 9.68. The summed E-state index contributed by atoms with van der Waals surface area (Å²) in [5.74, 6) is 0. The molecular weight excluding hydrogens is 234 g/mol. The maximum atomic E-state index is 10.4. The molecule has 13 heavy (non-hydrogen) atoms. The van der Waals surface area contributed by atoms with Gasteiger partial charge in [-0.15, -0.1) is 0 Å². The van der Waals surface area contributed by atoms with E-state index in [1.807, 2.05) is 6.07 Å². The average molecular weight is 240 g/mol. The molecule has 0 aromatic carbocycles. The van der Waals surface area contributed by atoms with Crippen LogP contribution < -0.4 is 5.73 Å². The summed E-state index contributed by atoms with van der Waals surface area (Å²) >= 11 is 3.09. The number of pyridine rings is 1. The molecule has 0 spiro atoms. The van der Waals surface area contributed by atoms with Crippen molar-refractivity contribution in [2.24, 2.45) is 0 Å². The summed E-state index contributed by atoms with van der Waals surface area (Å²) in [5.41, 5.74) is 6.59. The second kappa shape index (κ2) is 4.01. The minimum atomic E-state index is -0.486. The Labute approximate surface area is 83.5 Å². The highest BCUT2D eigenvalue weighted by Gasteiger charge is 2.09. The summed E-state index contributed by atoms with van der Waals surface area (Å²) in [4.78, 5) is 13.8. The van der Waals surface area contributed by atoms with Gasteiger partial charge in [0.15, 0.2) is 0 Å². The maximum Gasteiger partial charge on any atom is 0.139 e. The zero-order chi connectivity index (χ0) is 9.84. The Morgan fingerprint density at radius 2 is 2.46 bits per heavy atom. The molecule has 1 unspecified atom stereocenters. The molecule has 1 aromatic rings. The number of anilines is 1. The van der Waals surface area contributed by atoms with E-state index in [-0.39, 0.29) is 0 Å². The van der Waals surface area contributed by atoms with Crippen LogP contribution in [0.2, 0.25) is 0 Å². The molecule has 1 rings (SSSR count). The predicted octanol–water partition coefficient (Wildman–Crippen LogP) is 1.17. The molecule has 0 radical (unpaired) electrons. The third-order valence-electron chi connectivity index (χ3n) is 1.48. The first-order valence-electron chi connectivity index (χ1n) is 3.44. The monoisotopic (exact) mass is 239 g/mol. The van der Waals surface area contributed by atoms with E-state index in [2.05, 4.69) is 20.9 Å². The topological polar surface area (TPSA) is 79.8 Å². The fourth-order valence-electron chi connectivity index (χ4n) is 0.799. The van der Waals surface area contributed by atoms with Crippen molar-refractivity contribution >= 4 is 27.9 Å². The molecule has 2 N–H and O–H groups in total. The van der Waals surface area contributed by atoms with Gasteiger partial charge in [-0.3, -0.25) is 4.98 Å². The van der Waals surface area contributed by atoms with E-state index >= 15 is 0 Å². The van der Waals surface area contributed by atoms with Crippen molar-refractivity contribution in [3.8, 4) is 6.07 Å². The lowest BCUT2D eigenvalue weighted by atomic mass is 10.2. The zero-order valence-corrected chi connectivity index (χ0v) is 8.15. The van der Waals surface area contributed by atoms with Crippen LogP contribution in [0.15, 0.2) is 12.3 Å². The highest BCUT2D eigenvalue weighted by Crippen LogP contribution is 2.20. The van der Waals surface area contributed by atoms with Gasteiger partial charge in [-0.1, -0.05) is 15.9 Å². The number of carbonyl (C=O) groups is 1. The van der Waals surface area contributed by atoms with Gasteiger partial charge in [0.05, 0.1) is 23.1 Å². The molecule has 0 aliphatic heterocycles. The van der Waals surface area contributed by atoms with E-state index in [9.17, 15) is 4.79 Å². The summed E-state index contributed by atoms with van der Waals surface area (Å²) in [7, 11) is 0. The molecule has 5 heteroatoms. The van der Waals surface area contributed by atoms with Crippen molar-refractivity contribution in [1.29, 1.82) is 5.26 Å². The number of nitrogens with zero attached hydrogens (tertiary/aromatic N) is 2. The van der Waals surface area contributed by atoms with Gasteiger partial charge < -0.3 is 10.5 Å². The standard InChI is InChI=1S/C8H6BrN3O/c9-6(4-13)8-1-5(2-10)7(11)3-12-8/h1,3-4,6H,11H2. The van der Waals surface area contributed by atoms with Crippen LogP contribution in [0.3, 0.4) is 0 Å². The molecule has 0 amide bonds. The molecule has 0 saturated carbocycles. The van der Waals surface area contributed by atoms with Crippen molar-refractivity contribution in [1.82, 2.24) is 4.98 Å². The molecule has 1 aromatic heterocycles. The van der Waals surface area contributed by atoms with E-state index in [0.717, 1.165) is 0 Å². The van der Waals surface area contributed by atoms with Crippen molar-refractivity contribution < 1.29 is 4.79 Å². The Bertz CT molecular complexity index is 372. The lowest BCUT2D eigenvalue weighted by Crippen LogP contribution is -1.99. The van der Waals surface area contributed by atoms with Crippen molar-refractivity contribution in [3.63, 3.8) is 0 Å². The summed E-state index contributed by atoms with van der Waals surface area (Å²) in [5, 5.41) is 8.64. The molecule has 1 heterocycles. The van der Waals surface area contributed by atoms with Gasteiger partial charge in [-0.05, 0) is 6.07 Å². The number of alkyl halides is 1. The van der Waals surface area contributed by atoms with Crippen LogP contribution in [-0.2, 0) is 4.79 Å². The molecule has 1 atom stereocenters. The zero-order valence-electron chi connectivity index (χ0n) is 6.57. The normalized spacial score (nSPS) is 11.7. The van der Waals surface area contributed by atoms with Gasteiger partial charge in [-0.25, -0.2) is 0 Å². The molecule has 0 fully saturated rings. The number of nitrogen functional groups attached to an aromatic ring is 1. The average Bonchev–Trinajstić information content (AvgIpc) is 2.17. The third kappa shape index (κ3) is 2.04. The van der Waals surface area contributed by atoms with Crippen LogP contribution in [0.25, 0.3) is 0 Å². The van der Waals surface area contributed by atoms with Crippen molar-refractivity contribution in [2.75, 3.05) is 5.73 Å². The third-order valence-corrected chi connectivity index (χ3v) is 2.16. The summed E-state index contributed by atoms with van der Waals surface area (Å²) < 4.78 is 0. The highest BCUT2D eigenvalue weighted by molar-refractivity contribution is 9.09. The maximum absolute atomic E-state index is 10.4. The van der Waals surface area contributed by atoms with Gasteiger partial charge in [-0.2, -0.15) is 5.26 Å². The van der Waals surface area contributed by atoms with Gasteiger partial charge in [0.25, 0.3) is 0 Å². The van der Waals surface area contributed by atoms with E-state index in [4.69, 9.17) is 11.0 Å². The molecule has 0 aliphatic rings. The van der Waals surface area contributed by atoms with Crippen LogP contribution in [0.4, 0.5) is 5.69 Å². The summed E-state index contributed by atoms with van der Waals surface area (Å²) in [6.45, 7) is 0. The molecular formula is C8H6BrN3O. The van der Waals surface area contributed by atoms with E-state index in [0.29, 0.717) is 23.2 Å². The number of rotatable bonds is 2. The second-order valence-electron chi connectivity index (χ2n) is 2.35. The minimum Gasteiger partial charge on any atom is -0.396 e. The number of aldehydes is 1. The van der Waals surface area contributed by atoms with Gasteiger partial charge >= 0.3 is 0 Å². The fraction of sp³-hybridized carbons (Fsp3) is 0.125. The minimum absolute atomic E-state index is 0.317. The van der Waals surface area contributed by atoms with Gasteiger partial charge in [0.1, 0.15) is 17.2 Å². The number of hydrogen-bond acceptors (Lipinski definition) is 4. The van der Waals surface area contributed by atoms with E-state index < -0.39 is 4.83 Å². The Kier molecular flexibility index (Phi) is 2.98. The number of halogens is 1. The Hall–Kier alpha value is -1.41. The summed E-state index contributed by atoms with van der Waals surface area (Å²) in [6.07, 6.45) is 2.06. The van der Waals surface area contributed by atoms with E-state index in [1.165, 1.54) is 12.3 Å². The van der Waals surface area contributed by atoms with Crippen LogP contribution in [0.5, 0.6) is 0 Å². The number of aromatic nitrogens is 1. The van der Waals surface area contributed by atoms with Crippen LogP contribution in [0, 0.1) is 11.3 Å². The van der Waals surface area contributed by atoms with Crippen LogP contribution >= 0.6 is 15.9 Å². The first-order chi connectivity index (χ1) is 6.19. The van der Waals surface area contributed by atoms with Crippen LogP contribution in [-0.4, -0.2) is 11.3 Å². The lowest BCUT2D eigenvalue weighted by molar-refractivity contribution is -0.107. The van der Waals surface area contributed by atoms with Crippen LogP contribution in [0.1, 0.15) is 16.1 Å². The highest BCUT2D eigenvalue weighted by atomic mass is 79.9. The largest absolute Gasteiger partial charge is 0.396 e. The van der Waals surface area contributed by atoms with E-state index in [1.54, 1.807) is 0 Å². The number of hydrogen-bond donors (Lipinski definition) is 1. The van der Waals surface area contributed by atoms with Gasteiger partial charge in [0, 0.05) is 0 Å². The molecule has 0 aliphatic carbocycles. The number of nitriles is 1. The lowest BCUT2D eigenvalue weighted by Gasteiger charge is -2.02. The smallest absolute Gasteiger partial charge is 0.139 e. The molecule has 4 nitrogen and oxygen atoms in total. The molecule has 66 valence electrons. The molecule has 0 bridgehead atoms. The summed E-state index contributed by atoms with van der Waals surface area (Å²) in [6, 6.07) is 3.40. The fourth-order valence-corrected chi connectivity index (χ4v) is 1.05. The Morgan fingerprint density at radius 3 is 3.00 bits per heavy atom.